The molecule has 1 fully saturated rings. The summed E-state index contributed by atoms with van der Waals surface area (Å²) in [7, 11) is -3.67. The van der Waals surface area contributed by atoms with Gasteiger partial charge in [-0.05, 0) is 44.9 Å². The van der Waals surface area contributed by atoms with Gasteiger partial charge in [-0.25, -0.2) is 8.42 Å². The SMILES string of the molecule is CCOC(=O)[C@@]1(C)CCN(C(=O)c2ccc(C)c(S(=O)(=O)N(CC)CC)c2)C1. The van der Waals surface area contributed by atoms with E-state index in [1.54, 1.807) is 51.7 Å². The van der Waals surface area contributed by atoms with Gasteiger partial charge in [-0.1, -0.05) is 19.9 Å². The number of hydrogen-bond donors (Lipinski definition) is 0. The highest BCUT2D eigenvalue weighted by Crippen LogP contribution is 2.32. The van der Waals surface area contributed by atoms with Gasteiger partial charge in [0.1, 0.15) is 0 Å². The predicted molar refractivity (Wildman–Crippen MR) is 107 cm³/mol. The quantitative estimate of drug-likeness (QED) is 0.645. The lowest BCUT2D eigenvalue weighted by molar-refractivity contribution is -0.153. The van der Waals surface area contributed by atoms with E-state index >= 15 is 0 Å². The topological polar surface area (TPSA) is 84.0 Å². The Morgan fingerprint density at radius 1 is 1.21 bits per heavy atom. The first-order valence-corrected chi connectivity index (χ1v) is 11.1. The Morgan fingerprint density at radius 3 is 2.43 bits per heavy atom. The Hall–Kier alpha value is -1.93. The largest absolute Gasteiger partial charge is 0.466 e. The van der Waals surface area contributed by atoms with Crippen molar-refractivity contribution in [3.8, 4) is 0 Å². The standard InChI is InChI=1S/C20H30N2O5S/c1-6-22(7-2)28(25,26)17-13-16(10-9-15(17)4)18(23)21-12-11-20(5,14-21)19(24)27-8-3/h9-10,13H,6-8,11-12,14H2,1-5H3/t20-/m0/s1. The Bertz CT molecular complexity index is 848. The minimum absolute atomic E-state index is 0.148. The molecule has 8 heteroatoms. The molecule has 1 aliphatic heterocycles. The van der Waals surface area contributed by atoms with Crippen molar-refractivity contribution in [2.24, 2.45) is 5.41 Å². The van der Waals surface area contributed by atoms with Crippen LogP contribution in [0, 0.1) is 12.3 Å². The number of carbonyl (C=O) groups excluding carboxylic acids is 2. The number of rotatable bonds is 7. The van der Waals surface area contributed by atoms with Crippen molar-refractivity contribution < 1.29 is 22.7 Å². The molecule has 1 aromatic rings. The molecule has 0 aromatic heterocycles. The molecule has 1 amide bonds. The van der Waals surface area contributed by atoms with E-state index in [9.17, 15) is 18.0 Å². The van der Waals surface area contributed by atoms with Gasteiger partial charge in [-0.2, -0.15) is 4.31 Å². The van der Waals surface area contributed by atoms with E-state index in [0.717, 1.165) is 0 Å². The molecule has 7 nitrogen and oxygen atoms in total. The number of hydrogen-bond acceptors (Lipinski definition) is 5. The molecule has 156 valence electrons. The van der Waals surface area contributed by atoms with Gasteiger partial charge in [0.2, 0.25) is 10.0 Å². The first-order valence-electron chi connectivity index (χ1n) is 9.68. The Kier molecular flexibility index (Phi) is 6.88. The number of benzene rings is 1. The van der Waals surface area contributed by atoms with E-state index in [1.807, 2.05) is 0 Å². The lowest BCUT2D eigenvalue weighted by Crippen LogP contribution is -2.36. The summed E-state index contributed by atoms with van der Waals surface area (Å²) < 4.78 is 32.3. The number of ether oxygens (including phenoxy) is 1. The normalized spacial score (nSPS) is 19.9. The summed E-state index contributed by atoms with van der Waals surface area (Å²) in [5.41, 5.74) is 0.178. The number of nitrogens with zero attached hydrogens (tertiary/aromatic N) is 2. The zero-order chi connectivity index (χ0) is 21.1. The fourth-order valence-corrected chi connectivity index (χ4v) is 5.21. The summed E-state index contributed by atoms with van der Waals surface area (Å²) >= 11 is 0. The van der Waals surface area contributed by atoms with Crippen molar-refractivity contribution in [1.29, 1.82) is 0 Å². The molecule has 0 spiro atoms. The Morgan fingerprint density at radius 2 is 1.86 bits per heavy atom. The predicted octanol–water partition coefficient (Wildman–Crippen LogP) is 2.44. The molecule has 0 bridgehead atoms. The summed E-state index contributed by atoms with van der Waals surface area (Å²) in [6, 6.07) is 4.74. The molecular weight excluding hydrogens is 380 g/mol. The third-order valence-corrected chi connectivity index (χ3v) is 7.48. The molecule has 1 aliphatic rings. The van der Waals surface area contributed by atoms with Gasteiger partial charge >= 0.3 is 5.97 Å². The Labute approximate surface area is 167 Å². The molecule has 0 unspecified atom stereocenters. The van der Waals surface area contributed by atoms with Gasteiger partial charge in [0.15, 0.2) is 0 Å². The molecule has 0 N–H and O–H groups in total. The molecule has 0 radical (unpaired) electrons. The lowest BCUT2D eigenvalue weighted by atomic mass is 9.90. The van der Waals surface area contributed by atoms with Crippen LogP contribution in [0.5, 0.6) is 0 Å². The van der Waals surface area contributed by atoms with Crippen LogP contribution >= 0.6 is 0 Å². The van der Waals surface area contributed by atoms with Gasteiger partial charge < -0.3 is 9.64 Å². The van der Waals surface area contributed by atoms with E-state index in [2.05, 4.69) is 0 Å². The van der Waals surface area contributed by atoms with Crippen LogP contribution < -0.4 is 0 Å². The van der Waals surface area contributed by atoms with Gasteiger partial charge in [0.25, 0.3) is 5.91 Å². The highest BCUT2D eigenvalue weighted by atomic mass is 32.2. The second-order valence-electron chi connectivity index (χ2n) is 7.33. The number of aryl methyl sites for hydroxylation is 1. The molecule has 0 saturated carbocycles. The average Bonchev–Trinajstić information content (AvgIpc) is 3.06. The maximum Gasteiger partial charge on any atom is 0.313 e. The van der Waals surface area contributed by atoms with Crippen LogP contribution in [0.15, 0.2) is 23.1 Å². The van der Waals surface area contributed by atoms with Crippen LogP contribution in [0.3, 0.4) is 0 Å². The molecule has 1 saturated heterocycles. The Balaban J connectivity index is 2.30. The molecule has 1 aromatic carbocycles. The van der Waals surface area contributed by atoms with Crippen molar-refractivity contribution in [2.75, 3.05) is 32.8 Å². The van der Waals surface area contributed by atoms with Crippen LogP contribution in [-0.4, -0.2) is 62.3 Å². The number of carbonyl (C=O) groups is 2. The highest BCUT2D eigenvalue weighted by Gasteiger charge is 2.43. The van der Waals surface area contributed by atoms with E-state index in [0.29, 0.717) is 43.8 Å². The smallest absolute Gasteiger partial charge is 0.313 e. The minimum Gasteiger partial charge on any atom is -0.466 e. The zero-order valence-electron chi connectivity index (χ0n) is 17.3. The second-order valence-corrected chi connectivity index (χ2v) is 9.23. The number of amides is 1. The van der Waals surface area contributed by atoms with Crippen LogP contribution in [0.1, 0.15) is 50.0 Å². The van der Waals surface area contributed by atoms with Gasteiger partial charge in [0, 0.05) is 31.7 Å². The third-order valence-electron chi connectivity index (χ3n) is 5.29. The van der Waals surface area contributed by atoms with Gasteiger partial charge in [-0.15, -0.1) is 0 Å². The van der Waals surface area contributed by atoms with Crippen molar-refractivity contribution in [1.82, 2.24) is 9.21 Å². The first kappa shape index (κ1) is 22.4. The average molecular weight is 411 g/mol. The van der Waals surface area contributed by atoms with E-state index < -0.39 is 15.4 Å². The van der Waals surface area contributed by atoms with E-state index in [-0.39, 0.29) is 23.3 Å². The molecule has 1 heterocycles. The molecule has 1 atom stereocenters. The molecule has 28 heavy (non-hydrogen) atoms. The monoisotopic (exact) mass is 410 g/mol. The lowest BCUT2D eigenvalue weighted by Gasteiger charge is -2.23. The van der Waals surface area contributed by atoms with Crippen LogP contribution in [-0.2, 0) is 19.6 Å². The van der Waals surface area contributed by atoms with E-state index in [4.69, 9.17) is 4.74 Å². The van der Waals surface area contributed by atoms with Gasteiger partial charge in [0.05, 0.1) is 16.9 Å². The van der Waals surface area contributed by atoms with Crippen LogP contribution in [0.2, 0.25) is 0 Å². The minimum atomic E-state index is -3.67. The van der Waals surface area contributed by atoms with Crippen LogP contribution in [0.4, 0.5) is 0 Å². The van der Waals surface area contributed by atoms with Crippen molar-refractivity contribution in [3.63, 3.8) is 0 Å². The summed E-state index contributed by atoms with van der Waals surface area (Å²) in [6.07, 6.45) is 0.522. The second kappa shape index (κ2) is 8.61. The van der Waals surface area contributed by atoms with Gasteiger partial charge in [-0.3, -0.25) is 9.59 Å². The van der Waals surface area contributed by atoms with Crippen LogP contribution in [0.25, 0.3) is 0 Å². The van der Waals surface area contributed by atoms with E-state index in [1.165, 1.54) is 10.4 Å². The number of sulfonamides is 1. The summed E-state index contributed by atoms with van der Waals surface area (Å²) in [5, 5.41) is 0. The maximum absolute atomic E-state index is 13.0. The summed E-state index contributed by atoms with van der Waals surface area (Å²) in [6.45, 7) is 10.5. The maximum atomic E-state index is 13.0. The first-order chi connectivity index (χ1) is 13.1. The fourth-order valence-electron chi connectivity index (χ4n) is 3.50. The van der Waals surface area contributed by atoms with Crippen molar-refractivity contribution >= 4 is 21.9 Å². The third kappa shape index (κ3) is 4.22. The molecular formula is C20H30N2O5S. The summed E-state index contributed by atoms with van der Waals surface area (Å²) in [4.78, 5) is 26.9. The fraction of sp³-hybridized carbons (Fsp3) is 0.600. The molecule has 2 rings (SSSR count). The highest BCUT2D eigenvalue weighted by molar-refractivity contribution is 7.89. The molecule has 0 aliphatic carbocycles. The number of esters is 1. The zero-order valence-corrected chi connectivity index (χ0v) is 18.1. The summed E-state index contributed by atoms with van der Waals surface area (Å²) in [5.74, 6) is -0.581. The number of likely N-dealkylation sites (tertiary alicyclic amines) is 1. The van der Waals surface area contributed by atoms with Crippen molar-refractivity contribution in [2.45, 2.75) is 45.9 Å². The van der Waals surface area contributed by atoms with Crippen molar-refractivity contribution in [3.05, 3.63) is 29.3 Å².